The number of hydrogen-bond acceptors (Lipinski definition) is 3. The van der Waals surface area contributed by atoms with E-state index in [1.54, 1.807) is 0 Å². The highest BCUT2D eigenvalue weighted by molar-refractivity contribution is 9.10. The number of halogens is 1. The molecule has 0 unspecified atom stereocenters. The van der Waals surface area contributed by atoms with Crippen LogP contribution in [0, 0.1) is 6.92 Å². The molecule has 1 heterocycles. The number of carboxylic acid groups (broad SMARTS) is 1. The average molecular weight is 328 g/mol. The lowest BCUT2D eigenvalue weighted by Crippen LogP contribution is -2.61. The third-order valence-electron chi connectivity index (χ3n) is 3.29. The molecule has 0 aromatic heterocycles. The number of carbonyl (C=O) groups is 1. The zero-order chi connectivity index (χ0) is 14.0. The third kappa shape index (κ3) is 3.78. The molecule has 1 aliphatic heterocycles. The quantitative estimate of drug-likeness (QED) is 0.902. The molecule has 1 aromatic rings. The Balaban J connectivity index is 1.84. The van der Waals surface area contributed by atoms with Crippen molar-refractivity contribution in [2.75, 3.05) is 19.7 Å². The molecule has 1 aromatic carbocycles. The Bertz CT molecular complexity index is 484. The maximum Gasteiger partial charge on any atom is 0.329 e. The van der Waals surface area contributed by atoms with Gasteiger partial charge in [0.2, 0.25) is 0 Å². The first-order valence-electron chi connectivity index (χ1n) is 6.21. The lowest BCUT2D eigenvalue weighted by atomic mass is 9.95. The predicted octanol–water partition coefficient (Wildman–Crippen LogP) is 2.43. The van der Waals surface area contributed by atoms with Crippen molar-refractivity contribution >= 4 is 21.9 Å². The number of nitrogens with zero attached hydrogens (tertiary/aromatic N) is 1. The van der Waals surface area contributed by atoms with Crippen molar-refractivity contribution in [3.8, 4) is 0 Å². The standard InChI is InChI=1S/C14H18BrNO3/c1-10-5-11(3-4-12(10)15)6-16-8-14(2,9-16)19-7-13(17)18/h3-5H,6-9H2,1-2H3,(H,17,18). The van der Waals surface area contributed by atoms with E-state index in [1.165, 1.54) is 11.1 Å². The molecule has 4 nitrogen and oxygen atoms in total. The Labute approximate surface area is 121 Å². The highest BCUT2D eigenvalue weighted by Crippen LogP contribution is 2.27. The Kier molecular flexibility index (Phi) is 4.28. The second-order valence-corrected chi connectivity index (χ2v) is 6.22. The van der Waals surface area contributed by atoms with E-state index in [2.05, 4.69) is 46.0 Å². The summed E-state index contributed by atoms with van der Waals surface area (Å²) in [5.74, 6) is -0.914. The van der Waals surface area contributed by atoms with Gasteiger partial charge in [0, 0.05) is 24.1 Å². The van der Waals surface area contributed by atoms with Crippen molar-refractivity contribution < 1.29 is 14.6 Å². The van der Waals surface area contributed by atoms with E-state index in [0.717, 1.165) is 24.1 Å². The molecule has 0 saturated carbocycles. The number of ether oxygens (including phenoxy) is 1. The first-order chi connectivity index (χ1) is 8.88. The van der Waals surface area contributed by atoms with Crippen LogP contribution in [-0.2, 0) is 16.1 Å². The van der Waals surface area contributed by atoms with Crippen LogP contribution >= 0.6 is 15.9 Å². The largest absolute Gasteiger partial charge is 0.480 e. The second kappa shape index (κ2) is 5.61. The van der Waals surface area contributed by atoms with Crippen LogP contribution in [0.25, 0.3) is 0 Å². The fourth-order valence-electron chi connectivity index (χ4n) is 2.40. The van der Waals surface area contributed by atoms with Gasteiger partial charge in [-0.25, -0.2) is 4.79 Å². The smallest absolute Gasteiger partial charge is 0.329 e. The zero-order valence-electron chi connectivity index (χ0n) is 11.1. The number of rotatable bonds is 5. The van der Waals surface area contributed by atoms with Gasteiger partial charge in [-0.3, -0.25) is 4.90 Å². The minimum Gasteiger partial charge on any atom is -0.480 e. The van der Waals surface area contributed by atoms with Crippen molar-refractivity contribution in [2.24, 2.45) is 0 Å². The summed E-state index contributed by atoms with van der Waals surface area (Å²) in [5.41, 5.74) is 2.17. The van der Waals surface area contributed by atoms with E-state index in [9.17, 15) is 4.79 Å². The molecule has 19 heavy (non-hydrogen) atoms. The van der Waals surface area contributed by atoms with Crippen LogP contribution in [0.15, 0.2) is 22.7 Å². The molecule has 5 heteroatoms. The molecule has 0 spiro atoms. The minimum absolute atomic E-state index is 0.221. The molecular weight excluding hydrogens is 310 g/mol. The molecule has 0 bridgehead atoms. The van der Waals surface area contributed by atoms with Crippen molar-refractivity contribution in [1.29, 1.82) is 0 Å². The topological polar surface area (TPSA) is 49.8 Å². The summed E-state index contributed by atoms with van der Waals surface area (Å²) in [4.78, 5) is 12.7. The molecule has 1 aliphatic rings. The molecule has 2 rings (SSSR count). The summed E-state index contributed by atoms with van der Waals surface area (Å²) in [6.07, 6.45) is 0. The summed E-state index contributed by atoms with van der Waals surface area (Å²) in [7, 11) is 0. The molecule has 0 atom stereocenters. The summed E-state index contributed by atoms with van der Waals surface area (Å²) < 4.78 is 6.51. The molecule has 0 aliphatic carbocycles. The van der Waals surface area contributed by atoms with Crippen molar-refractivity contribution in [3.05, 3.63) is 33.8 Å². The van der Waals surface area contributed by atoms with Crippen LogP contribution in [-0.4, -0.2) is 41.3 Å². The summed E-state index contributed by atoms with van der Waals surface area (Å²) >= 11 is 3.49. The number of hydrogen-bond donors (Lipinski definition) is 1. The maximum absolute atomic E-state index is 10.5. The normalized spacial score (nSPS) is 18.1. The third-order valence-corrected chi connectivity index (χ3v) is 4.18. The van der Waals surface area contributed by atoms with Crippen molar-refractivity contribution in [3.63, 3.8) is 0 Å². The van der Waals surface area contributed by atoms with E-state index in [4.69, 9.17) is 9.84 Å². The highest BCUT2D eigenvalue weighted by atomic mass is 79.9. The maximum atomic E-state index is 10.5. The van der Waals surface area contributed by atoms with Gasteiger partial charge in [-0.05, 0) is 31.0 Å². The van der Waals surface area contributed by atoms with Crippen LogP contribution in [0.5, 0.6) is 0 Å². The Morgan fingerprint density at radius 1 is 1.53 bits per heavy atom. The zero-order valence-corrected chi connectivity index (χ0v) is 12.7. The Morgan fingerprint density at radius 3 is 2.79 bits per heavy atom. The van der Waals surface area contributed by atoms with E-state index in [-0.39, 0.29) is 12.2 Å². The lowest BCUT2D eigenvalue weighted by Gasteiger charge is -2.47. The minimum atomic E-state index is -0.914. The number of aliphatic carboxylic acids is 1. The van der Waals surface area contributed by atoms with Gasteiger partial charge < -0.3 is 9.84 Å². The van der Waals surface area contributed by atoms with Crippen molar-refractivity contribution in [2.45, 2.75) is 26.0 Å². The fourth-order valence-corrected chi connectivity index (χ4v) is 2.65. The van der Waals surface area contributed by atoms with Crippen LogP contribution in [0.2, 0.25) is 0 Å². The van der Waals surface area contributed by atoms with E-state index in [1.807, 2.05) is 6.92 Å². The van der Waals surface area contributed by atoms with E-state index < -0.39 is 5.97 Å². The second-order valence-electron chi connectivity index (χ2n) is 5.36. The molecule has 1 saturated heterocycles. The molecule has 0 radical (unpaired) electrons. The summed E-state index contributed by atoms with van der Waals surface area (Å²) in [5, 5.41) is 8.61. The SMILES string of the molecule is Cc1cc(CN2CC(C)(OCC(=O)O)C2)ccc1Br. The molecular formula is C14H18BrNO3. The first-order valence-corrected chi connectivity index (χ1v) is 7.00. The molecule has 0 amide bonds. The number of aryl methyl sites for hydroxylation is 1. The Hall–Kier alpha value is -0.910. The predicted molar refractivity (Wildman–Crippen MR) is 76.1 cm³/mol. The first kappa shape index (κ1) is 14.5. The van der Waals surface area contributed by atoms with Crippen LogP contribution in [0.1, 0.15) is 18.1 Å². The van der Waals surface area contributed by atoms with Gasteiger partial charge in [0.1, 0.15) is 6.61 Å². The molecule has 104 valence electrons. The highest BCUT2D eigenvalue weighted by Gasteiger charge is 2.39. The van der Waals surface area contributed by atoms with E-state index >= 15 is 0 Å². The van der Waals surface area contributed by atoms with Crippen molar-refractivity contribution in [1.82, 2.24) is 4.90 Å². The van der Waals surface area contributed by atoms with Crippen LogP contribution in [0.4, 0.5) is 0 Å². The fraction of sp³-hybridized carbons (Fsp3) is 0.500. The van der Waals surface area contributed by atoms with Gasteiger partial charge in [-0.1, -0.05) is 28.1 Å². The van der Waals surface area contributed by atoms with Gasteiger partial charge in [0.05, 0.1) is 5.60 Å². The molecule has 1 N–H and O–H groups in total. The number of carboxylic acids is 1. The van der Waals surface area contributed by atoms with Gasteiger partial charge in [-0.15, -0.1) is 0 Å². The lowest BCUT2D eigenvalue weighted by molar-refractivity contribution is -0.165. The van der Waals surface area contributed by atoms with Crippen LogP contribution in [0.3, 0.4) is 0 Å². The summed E-state index contributed by atoms with van der Waals surface area (Å²) in [6, 6.07) is 6.33. The van der Waals surface area contributed by atoms with Gasteiger partial charge in [0.15, 0.2) is 0 Å². The molecule has 1 fully saturated rings. The number of benzene rings is 1. The van der Waals surface area contributed by atoms with Crippen LogP contribution < -0.4 is 0 Å². The van der Waals surface area contributed by atoms with Gasteiger partial charge >= 0.3 is 5.97 Å². The van der Waals surface area contributed by atoms with Gasteiger partial charge in [-0.2, -0.15) is 0 Å². The van der Waals surface area contributed by atoms with E-state index in [0.29, 0.717) is 0 Å². The Morgan fingerprint density at radius 2 is 2.21 bits per heavy atom. The average Bonchev–Trinajstić information content (AvgIpc) is 2.29. The number of likely N-dealkylation sites (tertiary alicyclic amines) is 1. The summed E-state index contributed by atoms with van der Waals surface area (Å²) in [6.45, 7) is 6.23. The van der Waals surface area contributed by atoms with Gasteiger partial charge in [0.25, 0.3) is 0 Å². The monoisotopic (exact) mass is 327 g/mol.